The molecule has 1 heterocycles. The quantitative estimate of drug-likeness (QED) is 0.461. The zero-order chi connectivity index (χ0) is 16.7. The molecule has 0 unspecified atom stereocenters. The van der Waals surface area contributed by atoms with E-state index >= 15 is 0 Å². The van der Waals surface area contributed by atoms with E-state index in [1.54, 1.807) is 4.90 Å². The summed E-state index contributed by atoms with van der Waals surface area (Å²) < 4.78 is 0. The van der Waals surface area contributed by atoms with Gasteiger partial charge in [0.25, 0.3) is 5.91 Å². The summed E-state index contributed by atoms with van der Waals surface area (Å²) in [6.07, 6.45) is 8.55. The third-order valence-electron chi connectivity index (χ3n) is 3.83. The van der Waals surface area contributed by atoms with Crippen LogP contribution in [0.3, 0.4) is 0 Å². The van der Waals surface area contributed by atoms with Crippen molar-refractivity contribution in [2.24, 2.45) is 0 Å². The van der Waals surface area contributed by atoms with Crippen LogP contribution in [0.2, 0.25) is 0 Å². The Morgan fingerprint density at radius 3 is 2.57 bits per heavy atom. The fourth-order valence-electron chi connectivity index (χ4n) is 2.57. The van der Waals surface area contributed by atoms with E-state index in [0.29, 0.717) is 17.4 Å². The van der Waals surface area contributed by atoms with Crippen LogP contribution in [-0.2, 0) is 4.79 Å². The van der Waals surface area contributed by atoms with Gasteiger partial charge in [-0.3, -0.25) is 9.69 Å². The lowest BCUT2D eigenvalue weighted by molar-refractivity contribution is -0.122. The van der Waals surface area contributed by atoms with Gasteiger partial charge in [0.05, 0.1) is 0 Å². The third-order valence-corrected chi connectivity index (χ3v) is 4.15. The molecule has 2 rings (SSSR count). The smallest absolute Gasteiger partial charge is 0.276 e. The normalized spacial score (nSPS) is 17.0. The molecule has 1 fully saturated rings. The van der Waals surface area contributed by atoms with Crippen molar-refractivity contribution in [1.82, 2.24) is 10.2 Å². The maximum Gasteiger partial charge on any atom is 0.276 e. The lowest BCUT2D eigenvalue weighted by atomic mass is 10.0. The predicted molar refractivity (Wildman–Crippen MR) is 99.8 cm³/mol. The van der Waals surface area contributed by atoms with E-state index in [0.717, 1.165) is 24.0 Å². The first kappa shape index (κ1) is 17.4. The molecule has 0 spiro atoms. The van der Waals surface area contributed by atoms with Gasteiger partial charge in [-0.15, -0.1) is 0 Å². The highest BCUT2D eigenvalue weighted by atomic mass is 32.1. The first-order valence-electron chi connectivity index (χ1n) is 8.25. The maximum absolute atomic E-state index is 12.3. The van der Waals surface area contributed by atoms with Crippen LogP contribution in [0.4, 0.5) is 0 Å². The number of likely N-dealkylation sites (N-methyl/N-ethyl adjacent to an activating group) is 1. The van der Waals surface area contributed by atoms with Crippen LogP contribution in [0.25, 0.3) is 6.08 Å². The van der Waals surface area contributed by atoms with Crippen molar-refractivity contribution in [2.75, 3.05) is 6.54 Å². The first-order valence-corrected chi connectivity index (χ1v) is 8.66. The molecule has 23 heavy (non-hydrogen) atoms. The number of nitrogens with zero attached hydrogens (tertiary/aromatic N) is 1. The van der Waals surface area contributed by atoms with Gasteiger partial charge < -0.3 is 5.32 Å². The number of amides is 1. The van der Waals surface area contributed by atoms with Crippen molar-refractivity contribution in [2.45, 2.75) is 39.5 Å². The van der Waals surface area contributed by atoms with E-state index in [9.17, 15) is 4.79 Å². The van der Waals surface area contributed by atoms with Gasteiger partial charge in [0.15, 0.2) is 5.11 Å². The SMILES string of the molecule is CCCCCC(=C/c1ccccc1)/C=C1/NC(=S)N(CC)C1=O. The van der Waals surface area contributed by atoms with Crippen LogP contribution in [0.1, 0.15) is 45.1 Å². The number of hydrogen-bond donors (Lipinski definition) is 1. The Hall–Kier alpha value is -1.94. The Balaban J connectivity index is 2.24. The summed E-state index contributed by atoms with van der Waals surface area (Å²) in [5.41, 5.74) is 2.88. The van der Waals surface area contributed by atoms with Crippen molar-refractivity contribution in [3.05, 3.63) is 53.2 Å². The van der Waals surface area contributed by atoms with E-state index in [2.05, 4.69) is 30.4 Å². The molecule has 0 radical (unpaired) electrons. The number of unbranched alkanes of at least 4 members (excludes halogenated alkanes) is 2. The molecule has 1 aromatic carbocycles. The summed E-state index contributed by atoms with van der Waals surface area (Å²) >= 11 is 5.22. The number of carbonyl (C=O) groups is 1. The molecule has 3 nitrogen and oxygen atoms in total. The van der Waals surface area contributed by atoms with Gasteiger partial charge in [-0.25, -0.2) is 0 Å². The second-order valence-electron chi connectivity index (χ2n) is 5.62. The molecule has 0 atom stereocenters. The Morgan fingerprint density at radius 1 is 1.22 bits per heavy atom. The van der Waals surface area contributed by atoms with Crippen LogP contribution in [0.15, 0.2) is 47.7 Å². The van der Waals surface area contributed by atoms with E-state index in [1.807, 2.05) is 31.2 Å². The molecular weight excluding hydrogens is 304 g/mol. The van der Waals surface area contributed by atoms with Gasteiger partial charge in [0.2, 0.25) is 0 Å². The number of allylic oxidation sites excluding steroid dienone is 2. The van der Waals surface area contributed by atoms with Gasteiger partial charge in [-0.1, -0.05) is 56.2 Å². The minimum atomic E-state index is -0.0352. The molecule has 0 aromatic heterocycles. The highest BCUT2D eigenvalue weighted by Crippen LogP contribution is 2.19. The molecule has 122 valence electrons. The van der Waals surface area contributed by atoms with Crippen molar-refractivity contribution in [3.63, 3.8) is 0 Å². The molecule has 1 amide bonds. The number of hydrogen-bond acceptors (Lipinski definition) is 2. The molecule has 0 bridgehead atoms. The minimum Gasteiger partial charge on any atom is -0.328 e. The van der Waals surface area contributed by atoms with Crippen molar-refractivity contribution in [3.8, 4) is 0 Å². The highest BCUT2D eigenvalue weighted by molar-refractivity contribution is 7.80. The van der Waals surface area contributed by atoms with Crippen molar-refractivity contribution in [1.29, 1.82) is 0 Å². The fraction of sp³-hybridized carbons (Fsp3) is 0.368. The van der Waals surface area contributed by atoms with Gasteiger partial charge >= 0.3 is 0 Å². The molecule has 1 aromatic rings. The lowest BCUT2D eigenvalue weighted by Crippen LogP contribution is -2.30. The Morgan fingerprint density at radius 2 is 1.96 bits per heavy atom. The van der Waals surface area contributed by atoms with Crippen molar-refractivity contribution < 1.29 is 4.79 Å². The maximum atomic E-state index is 12.3. The summed E-state index contributed by atoms with van der Waals surface area (Å²) in [6, 6.07) is 10.2. The standard InChI is InChI=1S/C19H24N2OS/c1-3-5-7-12-16(13-15-10-8-6-9-11-15)14-17-18(22)21(4-2)19(23)20-17/h6,8-11,13-14H,3-5,7,12H2,1-2H3,(H,20,23)/b16-13-,17-14+. The number of rotatable bonds is 7. The molecule has 1 aliphatic heterocycles. The lowest BCUT2D eigenvalue weighted by Gasteiger charge is -2.09. The number of thiocarbonyl (C=S) groups is 1. The average Bonchev–Trinajstić information content (AvgIpc) is 2.82. The first-order chi connectivity index (χ1) is 11.2. The summed E-state index contributed by atoms with van der Waals surface area (Å²) in [6.45, 7) is 4.71. The molecule has 1 N–H and O–H groups in total. The largest absolute Gasteiger partial charge is 0.328 e. The molecular formula is C19H24N2OS. The average molecular weight is 328 g/mol. The van der Waals surface area contributed by atoms with E-state index in [-0.39, 0.29) is 5.91 Å². The zero-order valence-electron chi connectivity index (χ0n) is 13.8. The number of benzene rings is 1. The fourth-order valence-corrected chi connectivity index (χ4v) is 2.89. The van der Waals surface area contributed by atoms with Gasteiger partial charge in [0, 0.05) is 6.54 Å². The van der Waals surface area contributed by atoms with E-state index in [4.69, 9.17) is 12.2 Å². The van der Waals surface area contributed by atoms with Crippen LogP contribution >= 0.6 is 12.2 Å². The Kier molecular flexibility index (Phi) is 6.53. The second kappa shape index (κ2) is 8.63. The molecule has 0 saturated carbocycles. The van der Waals surface area contributed by atoms with Gasteiger partial charge in [0.1, 0.15) is 5.70 Å². The predicted octanol–water partition coefficient (Wildman–Crippen LogP) is 4.27. The topological polar surface area (TPSA) is 32.3 Å². The van der Waals surface area contributed by atoms with Gasteiger partial charge in [-0.05, 0) is 49.2 Å². The zero-order valence-corrected chi connectivity index (χ0v) is 14.7. The van der Waals surface area contributed by atoms with Crippen LogP contribution < -0.4 is 5.32 Å². The van der Waals surface area contributed by atoms with Crippen LogP contribution in [0.5, 0.6) is 0 Å². The molecule has 1 saturated heterocycles. The van der Waals surface area contributed by atoms with Crippen LogP contribution in [-0.4, -0.2) is 22.5 Å². The van der Waals surface area contributed by atoms with E-state index in [1.165, 1.54) is 12.8 Å². The number of carbonyl (C=O) groups excluding carboxylic acids is 1. The second-order valence-corrected chi connectivity index (χ2v) is 6.01. The summed E-state index contributed by atoms with van der Waals surface area (Å²) in [5, 5.41) is 3.54. The monoisotopic (exact) mass is 328 g/mol. The van der Waals surface area contributed by atoms with E-state index < -0.39 is 0 Å². The summed E-state index contributed by atoms with van der Waals surface area (Å²) in [4.78, 5) is 13.9. The molecule has 1 aliphatic rings. The summed E-state index contributed by atoms with van der Waals surface area (Å²) in [5.74, 6) is -0.0352. The van der Waals surface area contributed by atoms with Crippen LogP contribution in [0, 0.1) is 0 Å². The summed E-state index contributed by atoms with van der Waals surface area (Å²) in [7, 11) is 0. The van der Waals surface area contributed by atoms with Gasteiger partial charge in [-0.2, -0.15) is 0 Å². The Bertz CT molecular complexity index is 620. The Labute approximate surface area is 144 Å². The molecule has 0 aliphatic carbocycles. The number of nitrogens with one attached hydrogen (secondary N) is 1. The minimum absolute atomic E-state index is 0.0352. The molecule has 4 heteroatoms. The third kappa shape index (κ3) is 4.76. The van der Waals surface area contributed by atoms with Crippen molar-refractivity contribution >= 4 is 29.3 Å². The highest BCUT2D eigenvalue weighted by Gasteiger charge is 2.29.